The van der Waals surface area contributed by atoms with Crippen LogP contribution < -0.4 is 5.19 Å². The molecule has 4 nitrogen and oxygen atoms in total. The van der Waals surface area contributed by atoms with Crippen LogP contribution in [0.2, 0.25) is 19.6 Å². The Morgan fingerprint density at radius 2 is 1.54 bits per heavy atom. The summed E-state index contributed by atoms with van der Waals surface area (Å²) >= 11 is 0. The summed E-state index contributed by atoms with van der Waals surface area (Å²) in [6.45, 7) is -0.363. The summed E-state index contributed by atoms with van der Waals surface area (Å²) in [6.07, 6.45) is 1.02. The molecule has 4 heterocycles. The molecular formula is C42H35IrN3OSi-2. The van der Waals surface area contributed by atoms with Gasteiger partial charge in [0.1, 0.15) is 5.58 Å². The van der Waals surface area contributed by atoms with Gasteiger partial charge < -0.3 is 13.8 Å². The van der Waals surface area contributed by atoms with E-state index >= 15 is 0 Å². The molecule has 0 N–H and O–H groups in total. The number of hydrogen-bond acceptors (Lipinski definition) is 3. The molecule has 9 aromatic rings. The summed E-state index contributed by atoms with van der Waals surface area (Å²) in [5.41, 5.74) is 6.18. The van der Waals surface area contributed by atoms with Crippen molar-refractivity contribution in [2.45, 2.75) is 40.2 Å². The zero-order valence-electron chi connectivity index (χ0n) is 35.4. The molecular weight excluding hydrogens is 783 g/mol. The largest absolute Gasteiger partial charge is 0.476 e. The van der Waals surface area contributed by atoms with Crippen LogP contribution in [0.4, 0.5) is 0 Å². The quantitative estimate of drug-likeness (QED) is 0.0991. The summed E-state index contributed by atoms with van der Waals surface area (Å²) in [5.74, 6) is 0. The first-order valence-electron chi connectivity index (χ1n) is 19.8. The third-order valence-electron chi connectivity index (χ3n) is 8.59. The fourth-order valence-corrected chi connectivity index (χ4v) is 7.79. The monoisotopic (exact) mass is 827 g/mol. The van der Waals surface area contributed by atoms with Gasteiger partial charge in [-0.15, -0.1) is 47.5 Å². The topological polar surface area (TPSA) is 43.3 Å². The third kappa shape index (κ3) is 5.25. The Hall–Kier alpha value is -4.61. The van der Waals surface area contributed by atoms with E-state index in [-0.39, 0.29) is 42.5 Å². The van der Waals surface area contributed by atoms with E-state index in [1.54, 1.807) is 0 Å². The smallest absolute Gasteiger partial charge is 0.122 e. The molecule has 1 radical (unpaired) electrons. The van der Waals surface area contributed by atoms with Crippen molar-refractivity contribution in [1.29, 1.82) is 0 Å². The Bertz CT molecular complexity index is 2980. The molecule has 48 heavy (non-hydrogen) atoms. The Labute approximate surface area is 307 Å². The molecule has 0 fully saturated rings. The molecule has 0 amide bonds. The van der Waals surface area contributed by atoms with Gasteiger partial charge in [-0.1, -0.05) is 103 Å². The van der Waals surface area contributed by atoms with E-state index in [2.05, 4.69) is 108 Å². The summed E-state index contributed by atoms with van der Waals surface area (Å²) < 4.78 is 75.9. The van der Waals surface area contributed by atoms with E-state index in [9.17, 15) is 0 Å². The molecule has 0 saturated heterocycles. The summed E-state index contributed by atoms with van der Waals surface area (Å²) in [6, 6.07) is 37.2. The van der Waals surface area contributed by atoms with Crippen molar-refractivity contribution in [2.75, 3.05) is 0 Å². The molecule has 0 atom stereocenters. The fraction of sp³-hybridized carbons (Fsp3) is 0.143. The van der Waals surface area contributed by atoms with Gasteiger partial charge in [-0.05, 0) is 59.1 Å². The van der Waals surface area contributed by atoms with Crippen LogP contribution in [0.3, 0.4) is 0 Å². The number of imidazole rings is 1. The van der Waals surface area contributed by atoms with Crippen molar-refractivity contribution in [2.24, 2.45) is 0 Å². The number of rotatable bonds is 2. The van der Waals surface area contributed by atoms with Crippen LogP contribution in [0.25, 0.3) is 71.6 Å². The van der Waals surface area contributed by atoms with Gasteiger partial charge in [0.15, 0.2) is 0 Å². The van der Waals surface area contributed by atoms with Crippen molar-refractivity contribution in [3.05, 3.63) is 132 Å². The summed E-state index contributed by atoms with van der Waals surface area (Å²) in [4.78, 5) is 9.01. The van der Waals surface area contributed by atoms with Gasteiger partial charge in [-0.25, -0.2) is 0 Å². The number of pyridine rings is 2. The number of fused-ring (bicyclic) bond motifs is 12. The zero-order valence-corrected chi connectivity index (χ0v) is 29.8. The van der Waals surface area contributed by atoms with Crippen molar-refractivity contribution in [1.82, 2.24) is 14.4 Å². The fourth-order valence-electron chi connectivity index (χ4n) is 6.33. The summed E-state index contributed by atoms with van der Waals surface area (Å²) in [7, 11) is -1.57. The average Bonchev–Trinajstić information content (AvgIpc) is 3.73. The Balaban J connectivity index is 0.000000179. The molecule has 5 aromatic carbocycles. The molecule has 0 aliphatic rings. The number of nitrogens with zero attached hydrogens (tertiary/aromatic N) is 3. The molecule has 4 aromatic heterocycles. The first-order valence-corrected chi connectivity index (χ1v) is 18.8. The predicted octanol–water partition coefficient (Wildman–Crippen LogP) is 10.5. The van der Waals surface area contributed by atoms with Crippen molar-refractivity contribution in [3.8, 4) is 11.3 Å². The maximum absolute atomic E-state index is 7.54. The van der Waals surface area contributed by atoms with Crippen LogP contribution in [-0.2, 0) is 20.1 Å². The van der Waals surface area contributed by atoms with Crippen LogP contribution in [-0.4, -0.2) is 22.4 Å². The van der Waals surface area contributed by atoms with Gasteiger partial charge in [-0.2, -0.15) is 0 Å². The zero-order chi connectivity index (χ0) is 39.9. The average molecular weight is 827 g/mol. The SMILES string of the molecule is C[Si](C)(C)c1cccc2c1oc1c2c[c-]c2c1c1ccccc1n1c3ccccc3nc21.[2H]C([2H])([2H])c1c[c-]c(-c2cc(C([2H])([2H])[2H])c(C([2H])([2H])[2H])cn2)cc1.[Ir]. The van der Waals surface area contributed by atoms with Crippen LogP contribution in [0.15, 0.2) is 108 Å². The number of para-hydroxylation sites is 4. The van der Waals surface area contributed by atoms with E-state index in [1.165, 1.54) is 34.8 Å². The molecule has 9 rings (SSSR count). The molecule has 0 aliphatic carbocycles. The number of hydrogen-bond donors (Lipinski definition) is 0. The Morgan fingerprint density at radius 1 is 0.750 bits per heavy atom. The number of aryl methyl sites for hydroxylation is 3. The van der Waals surface area contributed by atoms with Gasteiger partial charge in [0.05, 0.1) is 30.3 Å². The van der Waals surface area contributed by atoms with Gasteiger partial charge in [0, 0.05) is 44.2 Å². The second-order valence-electron chi connectivity index (χ2n) is 12.7. The molecule has 0 unspecified atom stereocenters. The molecule has 239 valence electrons. The molecule has 0 bridgehead atoms. The van der Waals surface area contributed by atoms with Gasteiger partial charge >= 0.3 is 0 Å². The van der Waals surface area contributed by atoms with E-state index in [0.717, 1.165) is 61.1 Å². The van der Waals surface area contributed by atoms with Crippen molar-refractivity contribution in [3.63, 3.8) is 0 Å². The minimum absolute atomic E-state index is 0. The normalized spacial score (nSPS) is 15.4. The second-order valence-corrected chi connectivity index (χ2v) is 17.7. The predicted molar refractivity (Wildman–Crippen MR) is 200 cm³/mol. The first-order chi connectivity index (χ1) is 26.3. The second kappa shape index (κ2) is 12.1. The minimum atomic E-state index is -2.61. The molecule has 0 saturated carbocycles. The number of benzene rings is 5. The first kappa shape index (κ1) is 22.9. The van der Waals surface area contributed by atoms with Crippen LogP contribution >= 0.6 is 0 Å². The van der Waals surface area contributed by atoms with Gasteiger partial charge in [0.2, 0.25) is 0 Å². The Kier molecular flexibility index (Phi) is 5.77. The van der Waals surface area contributed by atoms with Crippen LogP contribution in [0.5, 0.6) is 0 Å². The van der Waals surface area contributed by atoms with Crippen LogP contribution in [0.1, 0.15) is 29.0 Å². The third-order valence-corrected chi connectivity index (χ3v) is 10.6. The number of furan rings is 1. The maximum atomic E-state index is 7.54. The van der Waals surface area contributed by atoms with E-state index in [0.29, 0.717) is 5.56 Å². The molecule has 6 heteroatoms. The Morgan fingerprint density at radius 3 is 2.31 bits per heavy atom. The van der Waals surface area contributed by atoms with Gasteiger partial charge in [0.25, 0.3) is 0 Å². The van der Waals surface area contributed by atoms with E-state index in [4.69, 9.17) is 21.7 Å². The minimum Gasteiger partial charge on any atom is -0.476 e. The summed E-state index contributed by atoms with van der Waals surface area (Å²) in [5, 5.41) is 6.92. The van der Waals surface area contributed by atoms with E-state index in [1.807, 2.05) is 6.07 Å². The molecule has 0 spiro atoms. The standard InChI is InChI=1S/C28H21N2OSi.C14H14N.Ir/c1-32(2,3)24-14-8-10-17-18-15-16-20-25(27(18)31-26(17)24)19-9-4-6-12-22(19)30-23-13-7-5-11-21(23)29-28(20)30;1-10-4-6-13(7-5-10)14-8-11(2)12(3)9-15-14;/h4-15H,1-3H3;4-6,8-9H,1-3H3;/q2*-1;/i;1D3,2D3,3D3;. The molecule has 0 aliphatic heterocycles. The maximum Gasteiger partial charge on any atom is 0.122 e. The van der Waals surface area contributed by atoms with Crippen LogP contribution in [0, 0.1) is 32.7 Å². The van der Waals surface area contributed by atoms with E-state index < -0.39 is 28.6 Å². The number of aromatic nitrogens is 3. The van der Waals surface area contributed by atoms with Crippen molar-refractivity contribution >= 4 is 73.6 Å². The van der Waals surface area contributed by atoms with Gasteiger partial charge in [-0.3, -0.25) is 4.98 Å². The van der Waals surface area contributed by atoms with Crippen molar-refractivity contribution < 1.29 is 36.9 Å².